The van der Waals surface area contributed by atoms with Crippen molar-refractivity contribution in [3.8, 4) is 11.5 Å². The third-order valence-electron chi connectivity index (χ3n) is 10.3. The van der Waals surface area contributed by atoms with Gasteiger partial charge in [0.15, 0.2) is 0 Å². The highest BCUT2D eigenvalue weighted by Gasteiger charge is 2.34. The standard InChI is InChI=1S/C38H64N6O2/c1-5-8-22-39-27-38(44-26-31-11-15-34(45-4)16-12-31)28-40-23-19-33-10-9-21-37(6-2,30-42-36(33)20-24-41-29-38)43-25-32-13-17-35(18-14-32)46-7-3/h11-18,33,36,39-44H,5-10,19-30H2,1-4H3. The fourth-order valence-corrected chi connectivity index (χ4v) is 7.14. The molecule has 0 amide bonds. The van der Waals surface area contributed by atoms with Crippen molar-refractivity contribution in [2.45, 2.75) is 102 Å². The summed E-state index contributed by atoms with van der Waals surface area (Å²) in [7, 11) is 1.72. The van der Waals surface area contributed by atoms with Crippen LogP contribution in [0, 0.1) is 5.92 Å². The van der Waals surface area contributed by atoms with Gasteiger partial charge in [-0.2, -0.15) is 0 Å². The molecule has 8 heteroatoms. The Labute approximate surface area is 279 Å². The summed E-state index contributed by atoms with van der Waals surface area (Å²) >= 11 is 0. The van der Waals surface area contributed by atoms with E-state index in [-0.39, 0.29) is 11.1 Å². The van der Waals surface area contributed by atoms with Gasteiger partial charge in [-0.25, -0.2) is 0 Å². The highest BCUT2D eigenvalue weighted by Crippen LogP contribution is 2.28. The second-order valence-corrected chi connectivity index (χ2v) is 13.6. The summed E-state index contributed by atoms with van der Waals surface area (Å²) in [5.74, 6) is 2.54. The first-order chi connectivity index (χ1) is 22.5. The molecule has 2 aliphatic rings. The molecule has 0 aromatic heterocycles. The summed E-state index contributed by atoms with van der Waals surface area (Å²) in [6.07, 6.45) is 9.68. The van der Waals surface area contributed by atoms with Crippen LogP contribution in [0.15, 0.2) is 48.5 Å². The largest absolute Gasteiger partial charge is 0.497 e. The number of fused-ring (bicyclic) bond motifs is 1. The van der Waals surface area contributed by atoms with Gasteiger partial charge in [-0.05, 0) is 106 Å². The van der Waals surface area contributed by atoms with Gasteiger partial charge < -0.3 is 41.4 Å². The highest BCUT2D eigenvalue weighted by atomic mass is 16.5. The highest BCUT2D eigenvalue weighted by molar-refractivity contribution is 5.28. The van der Waals surface area contributed by atoms with Crippen LogP contribution in [0.5, 0.6) is 11.5 Å². The van der Waals surface area contributed by atoms with Crippen molar-refractivity contribution >= 4 is 0 Å². The van der Waals surface area contributed by atoms with E-state index in [1.807, 2.05) is 6.92 Å². The number of ether oxygens (including phenoxy) is 2. The molecule has 0 radical (unpaired) electrons. The van der Waals surface area contributed by atoms with E-state index in [4.69, 9.17) is 9.47 Å². The predicted octanol–water partition coefficient (Wildman–Crippen LogP) is 4.98. The second kappa shape index (κ2) is 19.6. The van der Waals surface area contributed by atoms with Gasteiger partial charge in [0.25, 0.3) is 0 Å². The van der Waals surface area contributed by atoms with Gasteiger partial charge in [-0.15, -0.1) is 0 Å². The van der Waals surface area contributed by atoms with Gasteiger partial charge in [0.2, 0.25) is 0 Å². The number of hydrogen-bond donors (Lipinski definition) is 6. The fraction of sp³-hybridized carbons (Fsp3) is 0.684. The maximum atomic E-state index is 5.65. The molecule has 4 atom stereocenters. The summed E-state index contributed by atoms with van der Waals surface area (Å²) < 4.78 is 11.0. The van der Waals surface area contributed by atoms with E-state index < -0.39 is 0 Å². The Morgan fingerprint density at radius 3 is 2.07 bits per heavy atom. The molecule has 2 aromatic carbocycles. The molecular weight excluding hydrogens is 572 g/mol. The Morgan fingerprint density at radius 2 is 1.43 bits per heavy atom. The van der Waals surface area contributed by atoms with E-state index in [0.717, 1.165) is 83.2 Å². The first kappa shape index (κ1) is 36.6. The molecule has 0 spiro atoms. The molecule has 2 aliphatic heterocycles. The van der Waals surface area contributed by atoms with Crippen molar-refractivity contribution < 1.29 is 9.47 Å². The molecule has 46 heavy (non-hydrogen) atoms. The lowest BCUT2D eigenvalue weighted by molar-refractivity contribution is 0.190. The zero-order valence-electron chi connectivity index (χ0n) is 29.3. The summed E-state index contributed by atoms with van der Waals surface area (Å²) in [5, 5.41) is 23.7. The predicted molar refractivity (Wildman–Crippen MR) is 192 cm³/mol. The van der Waals surface area contributed by atoms with Crippen molar-refractivity contribution in [1.82, 2.24) is 31.9 Å². The van der Waals surface area contributed by atoms with Crippen molar-refractivity contribution in [2.24, 2.45) is 5.92 Å². The maximum Gasteiger partial charge on any atom is 0.119 e. The summed E-state index contributed by atoms with van der Waals surface area (Å²) in [5.41, 5.74) is 2.63. The van der Waals surface area contributed by atoms with Gasteiger partial charge >= 0.3 is 0 Å². The normalized spacial score (nSPS) is 26.3. The minimum atomic E-state index is -0.0768. The zero-order chi connectivity index (χ0) is 32.5. The number of methoxy groups -OCH3 is 1. The van der Waals surface area contributed by atoms with Crippen molar-refractivity contribution in [1.29, 1.82) is 0 Å². The van der Waals surface area contributed by atoms with Crippen LogP contribution in [0.25, 0.3) is 0 Å². The van der Waals surface area contributed by atoms with Crippen LogP contribution in [-0.2, 0) is 13.1 Å². The van der Waals surface area contributed by atoms with E-state index in [1.165, 1.54) is 49.7 Å². The van der Waals surface area contributed by atoms with Crippen molar-refractivity contribution in [3.63, 3.8) is 0 Å². The lowest BCUT2D eigenvalue weighted by atomic mass is 9.80. The minimum absolute atomic E-state index is 0.0768. The molecule has 258 valence electrons. The molecule has 0 aliphatic carbocycles. The van der Waals surface area contributed by atoms with Crippen LogP contribution in [0.3, 0.4) is 0 Å². The van der Waals surface area contributed by atoms with Crippen LogP contribution in [0.4, 0.5) is 0 Å². The van der Waals surface area contributed by atoms with Gasteiger partial charge in [0.05, 0.1) is 19.3 Å². The molecule has 0 bridgehead atoms. The van der Waals surface area contributed by atoms with E-state index in [1.54, 1.807) is 7.11 Å². The number of hydrogen-bond acceptors (Lipinski definition) is 8. The van der Waals surface area contributed by atoms with E-state index in [0.29, 0.717) is 18.6 Å². The van der Waals surface area contributed by atoms with Crippen LogP contribution in [0.1, 0.15) is 83.3 Å². The first-order valence-electron chi connectivity index (χ1n) is 18.2. The lowest BCUT2D eigenvalue weighted by Gasteiger charge is -2.41. The molecule has 2 aromatic rings. The number of unbranched alkanes of at least 4 members (excludes halogenated alkanes) is 1. The zero-order valence-corrected chi connectivity index (χ0v) is 29.3. The number of rotatable bonds is 15. The lowest BCUT2D eigenvalue weighted by Crippen LogP contribution is -2.63. The first-order valence-corrected chi connectivity index (χ1v) is 18.2. The molecule has 2 fully saturated rings. The Balaban J connectivity index is 1.36. The van der Waals surface area contributed by atoms with Gasteiger partial charge in [0, 0.05) is 50.8 Å². The van der Waals surface area contributed by atoms with Crippen molar-refractivity contribution in [2.75, 3.05) is 59.5 Å². The molecule has 8 nitrogen and oxygen atoms in total. The molecule has 0 saturated carbocycles. The fourth-order valence-electron chi connectivity index (χ4n) is 7.14. The average Bonchev–Trinajstić information content (AvgIpc) is 3.11. The molecule has 6 N–H and O–H groups in total. The Bertz CT molecular complexity index is 1100. The van der Waals surface area contributed by atoms with Crippen LogP contribution in [-0.4, -0.2) is 76.6 Å². The van der Waals surface area contributed by atoms with E-state index >= 15 is 0 Å². The molecule has 2 heterocycles. The summed E-state index contributed by atoms with van der Waals surface area (Å²) in [6, 6.07) is 17.5. The Morgan fingerprint density at radius 1 is 0.783 bits per heavy atom. The Kier molecular flexibility index (Phi) is 15.6. The summed E-state index contributed by atoms with van der Waals surface area (Å²) in [4.78, 5) is 0. The van der Waals surface area contributed by atoms with Crippen LogP contribution >= 0.6 is 0 Å². The topological polar surface area (TPSA) is 90.6 Å². The minimum Gasteiger partial charge on any atom is -0.497 e. The smallest absolute Gasteiger partial charge is 0.119 e. The Hall–Kier alpha value is -2.20. The maximum absolute atomic E-state index is 5.65. The van der Waals surface area contributed by atoms with Gasteiger partial charge in [-0.1, -0.05) is 51.0 Å². The third-order valence-corrected chi connectivity index (χ3v) is 10.3. The van der Waals surface area contributed by atoms with Crippen LogP contribution < -0.4 is 41.4 Å². The van der Waals surface area contributed by atoms with E-state index in [9.17, 15) is 0 Å². The summed E-state index contributed by atoms with van der Waals surface area (Å²) in [6.45, 7) is 16.0. The monoisotopic (exact) mass is 637 g/mol. The van der Waals surface area contributed by atoms with Crippen molar-refractivity contribution in [3.05, 3.63) is 59.7 Å². The van der Waals surface area contributed by atoms with E-state index in [2.05, 4.69) is 94.3 Å². The van der Waals surface area contributed by atoms with Crippen LogP contribution in [0.2, 0.25) is 0 Å². The number of nitrogens with one attached hydrogen (secondary N) is 6. The molecule has 4 rings (SSSR count). The third kappa shape index (κ3) is 11.5. The SMILES string of the molecule is CCCCNCC1(NCc2ccc(OC)cc2)CNCCC2CCCC(CC)(NCc3ccc(OCC)cc3)CNC2CCNC1. The molecule has 2 saturated heterocycles. The molecular formula is C38H64N6O2. The second-order valence-electron chi connectivity index (χ2n) is 13.6. The quantitative estimate of drug-likeness (QED) is 0.153. The van der Waals surface area contributed by atoms with Gasteiger partial charge in [0.1, 0.15) is 11.5 Å². The number of benzene rings is 2. The van der Waals surface area contributed by atoms with Gasteiger partial charge in [-0.3, -0.25) is 0 Å². The average molecular weight is 637 g/mol. The molecule has 4 unspecified atom stereocenters.